The molecule has 0 amide bonds. The second kappa shape index (κ2) is 6.00. The Labute approximate surface area is 116 Å². The zero-order chi connectivity index (χ0) is 13.0. The van der Waals surface area contributed by atoms with Crippen molar-refractivity contribution in [1.82, 2.24) is 14.8 Å². The highest BCUT2D eigenvalue weighted by Gasteiger charge is 2.02. The smallest absolute Gasteiger partial charge is 0.109 e. The molecule has 0 aliphatic rings. The molecule has 2 rings (SSSR count). The van der Waals surface area contributed by atoms with Crippen LogP contribution in [-0.2, 0) is 13.1 Å². The molecule has 0 bridgehead atoms. The van der Waals surface area contributed by atoms with E-state index in [1.165, 1.54) is 5.69 Å². The van der Waals surface area contributed by atoms with Crippen LogP contribution in [0.1, 0.15) is 24.6 Å². The lowest BCUT2D eigenvalue weighted by atomic mass is 10.3. The van der Waals surface area contributed by atoms with Crippen molar-refractivity contribution in [2.75, 3.05) is 5.32 Å². The molecule has 0 saturated carbocycles. The normalized spacial score (nSPS) is 10.6. The molecule has 0 aliphatic carbocycles. The Morgan fingerprint density at radius 2 is 2.28 bits per heavy atom. The Morgan fingerprint density at radius 1 is 1.44 bits per heavy atom. The van der Waals surface area contributed by atoms with E-state index in [1.54, 1.807) is 0 Å². The number of halogens is 1. The number of nitrogens with one attached hydrogen (secondary N) is 1. The zero-order valence-corrected chi connectivity index (χ0v) is 12.2. The minimum absolute atomic E-state index is 0.767. The lowest BCUT2D eigenvalue weighted by Crippen LogP contribution is -2.09. The summed E-state index contributed by atoms with van der Waals surface area (Å²) in [5.41, 5.74) is 3.35. The van der Waals surface area contributed by atoms with Gasteiger partial charge in [0.25, 0.3) is 0 Å². The van der Waals surface area contributed by atoms with E-state index in [0.717, 1.165) is 35.4 Å². The Hall–Kier alpha value is -1.36. The first-order valence-electron chi connectivity index (χ1n) is 6.07. The molecule has 0 aromatic carbocycles. The molecule has 0 saturated heterocycles. The fourth-order valence-corrected chi connectivity index (χ4v) is 1.99. The molecule has 5 heteroatoms. The third-order valence-electron chi connectivity index (χ3n) is 2.73. The van der Waals surface area contributed by atoms with Gasteiger partial charge in [-0.3, -0.25) is 4.68 Å². The average Bonchev–Trinajstić information content (AvgIpc) is 2.79. The van der Waals surface area contributed by atoms with Crippen LogP contribution in [0, 0.1) is 6.92 Å². The zero-order valence-electron chi connectivity index (χ0n) is 10.7. The summed E-state index contributed by atoms with van der Waals surface area (Å²) >= 11 is 3.40. The molecule has 2 aromatic heterocycles. The number of hydrogen-bond acceptors (Lipinski definition) is 3. The maximum Gasteiger partial charge on any atom is 0.109 e. The second-order valence-electron chi connectivity index (χ2n) is 4.23. The first-order valence-corrected chi connectivity index (χ1v) is 6.86. The Morgan fingerprint density at radius 3 is 3.00 bits per heavy atom. The Kier molecular flexibility index (Phi) is 4.36. The fraction of sp³-hybridized carbons (Fsp3) is 0.385. The van der Waals surface area contributed by atoms with E-state index in [1.807, 2.05) is 30.1 Å². The molecule has 0 atom stereocenters. The average molecular weight is 309 g/mol. The third kappa shape index (κ3) is 3.10. The molecule has 0 spiro atoms. The van der Waals surface area contributed by atoms with Gasteiger partial charge in [0.15, 0.2) is 0 Å². The van der Waals surface area contributed by atoms with Gasteiger partial charge in [-0.1, -0.05) is 6.92 Å². The van der Waals surface area contributed by atoms with E-state index < -0.39 is 0 Å². The standard InChI is InChI=1S/C13H17BrN4/c1-3-6-18-12(4-5-17-18)9-15-11-7-10(2)13(14)16-8-11/h4-5,7-8,15H,3,6,9H2,1-2H3. The van der Waals surface area contributed by atoms with Gasteiger partial charge in [0, 0.05) is 12.7 Å². The Balaban J connectivity index is 2.02. The number of aryl methyl sites for hydroxylation is 2. The molecule has 2 aromatic rings. The number of nitrogens with zero attached hydrogens (tertiary/aromatic N) is 3. The van der Waals surface area contributed by atoms with Crippen molar-refractivity contribution in [2.24, 2.45) is 0 Å². The van der Waals surface area contributed by atoms with Gasteiger partial charge in [-0.15, -0.1) is 0 Å². The monoisotopic (exact) mass is 308 g/mol. The van der Waals surface area contributed by atoms with E-state index in [9.17, 15) is 0 Å². The summed E-state index contributed by atoms with van der Waals surface area (Å²) in [7, 11) is 0. The van der Waals surface area contributed by atoms with Crippen molar-refractivity contribution in [3.8, 4) is 0 Å². The number of hydrogen-bond donors (Lipinski definition) is 1. The van der Waals surface area contributed by atoms with E-state index in [4.69, 9.17) is 0 Å². The predicted molar refractivity (Wildman–Crippen MR) is 76.5 cm³/mol. The molecule has 18 heavy (non-hydrogen) atoms. The highest BCUT2D eigenvalue weighted by atomic mass is 79.9. The van der Waals surface area contributed by atoms with E-state index >= 15 is 0 Å². The quantitative estimate of drug-likeness (QED) is 0.861. The SMILES string of the molecule is CCCn1nccc1CNc1cnc(Br)c(C)c1. The summed E-state index contributed by atoms with van der Waals surface area (Å²) in [5, 5.41) is 7.67. The highest BCUT2D eigenvalue weighted by Crippen LogP contribution is 2.17. The lowest BCUT2D eigenvalue weighted by molar-refractivity contribution is 0.578. The van der Waals surface area contributed by atoms with Crippen molar-refractivity contribution in [3.05, 3.63) is 40.4 Å². The van der Waals surface area contributed by atoms with Crippen molar-refractivity contribution in [1.29, 1.82) is 0 Å². The van der Waals surface area contributed by atoms with Crippen LogP contribution >= 0.6 is 15.9 Å². The van der Waals surface area contributed by atoms with E-state index in [2.05, 4.69) is 44.3 Å². The summed E-state index contributed by atoms with van der Waals surface area (Å²) in [4.78, 5) is 4.27. The molecular formula is C13H17BrN4. The van der Waals surface area contributed by atoms with Crippen LogP contribution in [0.15, 0.2) is 29.1 Å². The minimum Gasteiger partial charge on any atom is -0.378 e. The van der Waals surface area contributed by atoms with Gasteiger partial charge in [-0.05, 0) is 47.0 Å². The van der Waals surface area contributed by atoms with Crippen LogP contribution in [0.25, 0.3) is 0 Å². The largest absolute Gasteiger partial charge is 0.378 e. The molecule has 2 heterocycles. The summed E-state index contributed by atoms with van der Waals surface area (Å²) in [6.45, 7) is 5.91. The summed E-state index contributed by atoms with van der Waals surface area (Å²) in [5.74, 6) is 0. The molecule has 96 valence electrons. The van der Waals surface area contributed by atoms with E-state index in [0.29, 0.717) is 0 Å². The van der Waals surface area contributed by atoms with Crippen molar-refractivity contribution in [3.63, 3.8) is 0 Å². The van der Waals surface area contributed by atoms with Crippen LogP contribution in [0.4, 0.5) is 5.69 Å². The first kappa shape index (κ1) is 13.1. The summed E-state index contributed by atoms with van der Waals surface area (Å²) < 4.78 is 2.93. The van der Waals surface area contributed by atoms with Crippen LogP contribution in [0.5, 0.6) is 0 Å². The van der Waals surface area contributed by atoms with Crippen molar-refractivity contribution < 1.29 is 0 Å². The van der Waals surface area contributed by atoms with Crippen LogP contribution in [-0.4, -0.2) is 14.8 Å². The fourth-order valence-electron chi connectivity index (χ4n) is 1.77. The third-order valence-corrected chi connectivity index (χ3v) is 3.56. The van der Waals surface area contributed by atoms with Gasteiger partial charge in [-0.2, -0.15) is 5.10 Å². The number of aromatic nitrogens is 3. The van der Waals surface area contributed by atoms with Gasteiger partial charge < -0.3 is 5.32 Å². The minimum atomic E-state index is 0.767. The maximum atomic E-state index is 4.30. The van der Waals surface area contributed by atoms with Crippen LogP contribution in [0.2, 0.25) is 0 Å². The number of pyridine rings is 1. The lowest BCUT2D eigenvalue weighted by Gasteiger charge is -2.09. The van der Waals surface area contributed by atoms with Gasteiger partial charge in [0.2, 0.25) is 0 Å². The summed E-state index contributed by atoms with van der Waals surface area (Å²) in [6, 6.07) is 4.12. The molecule has 1 N–H and O–H groups in total. The number of anilines is 1. The van der Waals surface area contributed by atoms with Crippen LogP contribution < -0.4 is 5.32 Å². The molecule has 0 fully saturated rings. The van der Waals surface area contributed by atoms with E-state index in [-0.39, 0.29) is 0 Å². The van der Waals surface area contributed by atoms with Gasteiger partial charge >= 0.3 is 0 Å². The molecule has 0 aliphatic heterocycles. The van der Waals surface area contributed by atoms with Crippen molar-refractivity contribution >= 4 is 21.6 Å². The molecule has 0 radical (unpaired) electrons. The topological polar surface area (TPSA) is 42.7 Å². The van der Waals surface area contributed by atoms with Gasteiger partial charge in [-0.25, -0.2) is 4.98 Å². The predicted octanol–water partition coefficient (Wildman–Crippen LogP) is 3.37. The highest BCUT2D eigenvalue weighted by molar-refractivity contribution is 9.10. The first-order chi connectivity index (χ1) is 8.70. The summed E-state index contributed by atoms with van der Waals surface area (Å²) in [6.07, 6.45) is 4.77. The maximum absolute atomic E-state index is 4.30. The Bertz CT molecular complexity index is 521. The van der Waals surface area contributed by atoms with Crippen molar-refractivity contribution in [2.45, 2.75) is 33.4 Å². The second-order valence-corrected chi connectivity index (χ2v) is 4.98. The van der Waals surface area contributed by atoms with Crippen LogP contribution in [0.3, 0.4) is 0 Å². The number of rotatable bonds is 5. The molecule has 4 nitrogen and oxygen atoms in total. The molecular weight excluding hydrogens is 292 g/mol. The van der Waals surface area contributed by atoms with Gasteiger partial charge in [0.05, 0.1) is 24.1 Å². The van der Waals surface area contributed by atoms with Gasteiger partial charge in [0.1, 0.15) is 4.60 Å². The molecule has 0 unspecified atom stereocenters.